The Morgan fingerprint density at radius 1 is 0.478 bits per heavy atom. The van der Waals surface area contributed by atoms with Gasteiger partial charge in [0, 0.05) is 0 Å². The van der Waals surface area contributed by atoms with E-state index in [-0.39, 0.29) is 0 Å². The van der Waals surface area contributed by atoms with Crippen LogP contribution in [0.15, 0.2) is 87.0 Å². The SMILES string of the molecule is C=CCCCCOc1cccc(OCCCCC=C)c1NC(=O)C(=O)Nc1c(OCCCCC=C)cccc1OCCCCC=C. The minimum atomic E-state index is -0.878. The van der Waals surface area contributed by atoms with E-state index in [1.807, 2.05) is 24.3 Å². The van der Waals surface area contributed by atoms with Crippen molar-refractivity contribution in [2.45, 2.75) is 77.0 Å². The Morgan fingerprint density at radius 2 is 0.739 bits per heavy atom. The summed E-state index contributed by atoms with van der Waals surface area (Å²) in [5.41, 5.74) is 0.612. The smallest absolute Gasteiger partial charge is 0.314 e. The van der Waals surface area contributed by atoms with Crippen molar-refractivity contribution < 1.29 is 28.5 Å². The number of allylic oxidation sites excluding steroid dienone is 4. The summed E-state index contributed by atoms with van der Waals surface area (Å²) in [6.07, 6.45) is 18.0. The fourth-order valence-corrected chi connectivity index (χ4v) is 4.38. The van der Waals surface area contributed by atoms with Gasteiger partial charge < -0.3 is 29.6 Å². The molecule has 2 rings (SSSR count). The number of carbonyl (C=O) groups excluding carboxylic acids is 2. The molecule has 8 nitrogen and oxygen atoms in total. The van der Waals surface area contributed by atoms with Crippen molar-refractivity contribution in [3.8, 4) is 23.0 Å². The zero-order valence-electron chi connectivity index (χ0n) is 27.4. The number of rotatable bonds is 26. The second-order valence-corrected chi connectivity index (χ2v) is 10.7. The number of hydrogen-bond acceptors (Lipinski definition) is 6. The van der Waals surface area contributed by atoms with Gasteiger partial charge in [-0.3, -0.25) is 9.59 Å². The maximum absolute atomic E-state index is 13.4. The molecule has 0 saturated carbocycles. The third kappa shape index (κ3) is 14.5. The molecule has 0 heterocycles. The highest BCUT2D eigenvalue weighted by molar-refractivity contribution is 6.44. The first-order valence-electron chi connectivity index (χ1n) is 16.4. The molecule has 250 valence electrons. The average Bonchev–Trinajstić information content (AvgIpc) is 3.06. The Hall–Kier alpha value is -4.46. The molecule has 0 unspecified atom stereocenters. The van der Waals surface area contributed by atoms with E-state index in [1.165, 1.54) is 0 Å². The first kappa shape index (κ1) is 37.7. The summed E-state index contributed by atoms with van der Waals surface area (Å²) in [5.74, 6) is -0.0514. The molecular weight excluding hydrogens is 580 g/mol. The van der Waals surface area contributed by atoms with E-state index in [9.17, 15) is 9.59 Å². The number of ether oxygens (including phenoxy) is 4. The monoisotopic (exact) mass is 632 g/mol. The number of amides is 2. The molecular formula is C38H52N2O6. The molecule has 0 spiro atoms. The summed E-state index contributed by atoms with van der Waals surface area (Å²) >= 11 is 0. The normalized spacial score (nSPS) is 10.3. The van der Waals surface area contributed by atoms with E-state index < -0.39 is 11.8 Å². The predicted octanol–water partition coefficient (Wildman–Crippen LogP) is 9.20. The Morgan fingerprint density at radius 3 is 0.978 bits per heavy atom. The van der Waals surface area contributed by atoms with Gasteiger partial charge in [0.25, 0.3) is 0 Å². The second kappa shape index (κ2) is 23.9. The lowest BCUT2D eigenvalue weighted by atomic mass is 10.2. The van der Waals surface area contributed by atoms with Crippen molar-refractivity contribution >= 4 is 23.2 Å². The molecule has 2 amide bonds. The molecule has 0 aliphatic rings. The Labute approximate surface area is 275 Å². The first-order valence-corrected chi connectivity index (χ1v) is 16.4. The van der Waals surface area contributed by atoms with Crippen molar-refractivity contribution in [3.63, 3.8) is 0 Å². The molecule has 2 N–H and O–H groups in total. The van der Waals surface area contributed by atoms with Gasteiger partial charge in [-0.1, -0.05) is 36.4 Å². The van der Waals surface area contributed by atoms with E-state index in [2.05, 4.69) is 36.9 Å². The summed E-state index contributed by atoms with van der Waals surface area (Å²) in [5, 5.41) is 5.48. The summed E-state index contributed by atoms with van der Waals surface area (Å²) in [6, 6.07) is 10.6. The summed E-state index contributed by atoms with van der Waals surface area (Å²) < 4.78 is 24.1. The summed E-state index contributed by atoms with van der Waals surface area (Å²) in [4.78, 5) is 26.8. The highest BCUT2D eigenvalue weighted by Gasteiger charge is 2.23. The molecule has 0 saturated heterocycles. The number of anilines is 2. The van der Waals surface area contributed by atoms with Crippen molar-refractivity contribution in [1.82, 2.24) is 0 Å². The molecule has 2 aromatic carbocycles. The van der Waals surface area contributed by atoms with Crippen LogP contribution in [-0.2, 0) is 9.59 Å². The van der Waals surface area contributed by atoms with Crippen LogP contribution in [0, 0.1) is 0 Å². The number of nitrogens with one attached hydrogen (secondary N) is 2. The van der Waals surface area contributed by atoms with Crippen LogP contribution in [0.1, 0.15) is 77.0 Å². The first-order chi connectivity index (χ1) is 22.5. The summed E-state index contributed by atoms with van der Waals surface area (Å²) in [7, 11) is 0. The van der Waals surface area contributed by atoms with Crippen molar-refractivity contribution in [3.05, 3.63) is 87.0 Å². The average molecular weight is 633 g/mol. The zero-order chi connectivity index (χ0) is 33.2. The van der Waals surface area contributed by atoms with Crippen molar-refractivity contribution in [2.24, 2.45) is 0 Å². The Balaban J connectivity index is 2.24. The number of hydrogen-bond donors (Lipinski definition) is 2. The predicted molar refractivity (Wildman–Crippen MR) is 188 cm³/mol. The number of carbonyl (C=O) groups is 2. The molecule has 0 aromatic heterocycles. The molecule has 0 radical (unpaired) electrons. The van der Waals surface area contributed by atoms with E-state index in [4.69, 9.17) is 18.9 Å². The fourth-order valence-electron chi connectivity index (χ4n) is 4.38. The van der Waals surface area contributed by atoms with Gasteiger partial charge in [0.1, 0.15) is 34.4 Å². The highest BCUT2D eigenvalue weighted by atomic mass is 16.5. The zero-order valence-corrected chi connectivity index (χ0v) is 27.4. The van der Waals surface area contributed by atoms with E-state index in [0.717, 1.165) is 77.0 Å². The molecule has 2 aromatic rings. The molecule has 0 aliphatic carbocycles. The summed E-state index contributed by atoms with van der Waals surface area (Å²) in [6.45, 7) is 16.8. The van der Waals surface area contributed by atoms with Gasteiger partial charge in [-0.15, -0.1) is 26.3 Å². The lowest BCUT2D eigenvalue weighted by Crippen LogP contribution is -2.30. The van der Waals surface area contributed by atoms with Gasteiger partial charge in [-0.25, -0.2) is 0 Å². The van der Waals surface area contributed by atoms with Gasteiger partial charge in [-0.2, -0.15) is 0 Å². The molecule has 0 aliphatic heterocycles. The maximum atomic E-state index is 13.4. The van der Waals surface area contributed by atoms with Gasteiger partial charge in [0.05, 0.1) is 26.4 Å². The molecule has 0 atom stereocenters. The maximum Gasteiger partial charge on any atom is 0.314 e. The molecule has 0 fully saturated rings. The topological polar surface area (TPSA) is 95.1 Å². The number of unbranched alkanes of at least 4 members (excludes halogenated alkanes) is 8. The van der Waals surface area contributed by atoms with E-state index in [0.29, 0.717) is 60.8 Å². The Kier molecular flexibility index (Phi) is 19.6. The quantitative estimate of drug-likeness (QED) is 0.0610. The molecule has 8 heteroatoms. The standard InChI is InChI=1S/C38H52N2O6/c1-5-9-13-17-27-43-31-23-21-24-32(44-28-18-14-10-6-2)35(31)39-37(41)38(42)40-36-33(45-29-19-15-11-7-3)25-22-26-34(36)46-30-20-16-12-8-4/h5-8,21-26H,1-4,9-20,27-30H2,(H,39,41)(H,40,42). The van der Waals surface area contributed by atoms with Crippen LogP contribution in [0.4, 0.5) is 11.4 Å². The third-order valence-electron chi connectivity index (χ3n) is 6.90. The molecule has 46 heavy (non-hydrogen) atoms. The lowest BCUT2D eigenvalue weighted by Gasteiger charge is -2.18. The van der Waals surface area contributed by atoms with E-state index >= 15 is 0 Å². The Bertz CT molecular complexity index is 1070. The van der Waals surface area contributed by atoms with Crippen LogP contribution in [0.5, 0.6) is 23.0 Å². The number of para-hydroxylation sites is 2. The highest BCUT2D eigenvalue weighted by Crippen LogP contribution is 2.37. The lowest BCUT2D eigenvalue weighted by molar-refractivity contribution is -0.133. The minimum Gasteiger partial charge on any atom is -0.491 e. The number of benzene rings is 2. The molecule has 0 bridgehead atoms. The van der Waals surface area contributed by atoms with Crippen LogP contribution < -0.4 is 29.6 Å². The minimum absolute atomic E-state index is 0.306. The van der Waals surface area contributed by atoms with Gasteiger partial charge in [0.2, 0.25) is 0 Å². The van der Waals surface area contributed by atoms with E-state index in [1.54, 1.807) is 36.4 Å². The largest absolute Gasteiger partial charge is 0.491 e. The van der Waals surface area contributed by atoms with Crippen molar-refractivity contribution in [2.75, 3.05) is 37.1 Å². The van der Waals surface area contributed by atoms with Crippen LogP contribution in [-0.4, -0.2) is 38.2 Å². The third-order valence-corrected chi connectivity index (χ3v) is 6.90. The van der Waals surface area contributed by atoms with Crippen molar-refractivity contribution in [1.29, 1.82) is 0 Å². The van der Waals surface area contributed by atoms with Crippen LogP contribution >= 0.6 is 0 Å². The fraction of sp³-hybridized carbons (Fsp3) is 0.421. The van der Waals surface area contributed by atoms with Crippen LogP contribution in [0.2, 0.25) is 0 Å². The van der Waals surface area contributed by atoms with Crippen LogP contribution in [0.25, 0.3) is 0 Å². The van der Waals surface area contributed by atoms with Crippen LogP contribution in [0.3, 0.4) is 0 Å². The van der Waals surface area contributed by atoms with Gasteiger partial charge >= 0.3 is 11.8 Å². The van der Waals surface area contributed by atoms with Gasteiger partial charge in [0.15, 0.2) is 0 Å². The second-order valence-electron chi connectivity index (χ2n) is 10.7. The van der Waals surface area contributed by atoms with Gasteiger partial charge in [-0.05, 0) is 101 Å².